The SMILES string of the molecule is COc1ccc([C@H](C)NC(=O)[C@H]2CCCN(Cc3ccccc3)C2)cc1. The molecule has 1 saturated heterocycles. The van der Waals surface area contributed by atoms with Gasteiger partial charge in [-0.3, -0.25) is 9.69 Å². The van der Waals surface area contributed by atoms with Gasteiger partial charge in [0.1, 0.15) is 5.75 Å². The van der Waals surface area contributed by atoms with Crippen LogP contribution in [-0.2, 0) is 11.3 Å². The lowest BCUT2D eigenvalue weighted by atomic mass is 9.96. The average molecular weight is 352 g/mol. The minimum atomic E-state index is -0.00194. The van der Waals surface area contributed by atoms with E-state index in [0.29, 0.717) is 0 Å². The van der Waals surface area contributed by atoms with Crippen LogP contribution in [0.25, 0.3) is 0 Å². The summed E-state index contributed by atoms with van der Waals surface area (Å²) in [6.07, 6.45) is 2.04. The van der Waals surface area contributed by atoms with Crippen molar-refractivity contribution < 1.29 is 9.53 Å². The molecule has 0 aromatic heterocycles. The molecule has 1 aliphatic heterocycles. The molecule has 138 valence electrons. The molecule has 1 aliphatic rings. The van der Waals surface area contributed by atoms with Gasteiger partial charge in [-0.25, -0.2) is 0 Å². The third kappa shape index (κ3) is 4.85. The fourth-order valence-electron chi connectivity index (χ4n) is 3.56. The van der Waals surface area contributed by atoms with E-state index in [0.717, 1.165) is 43.8 Å². The first kappa shape index (κ1) is 18.5. The summed E-state index contributed by atoms with van der Waals surface area (Å²) < 4.78 is 5.19. The number of carbonyl (C=O) groups excluding carboxylic acids is 1. The molecule has 1 N–H and O–H groups in total. The van der Waals surface area contributed by atoms with Crippen molar-refractivity contribution in [3.63, 3.8) is 0 Å². The number of hydrogen-bond acceptors (Lipinski definition) is 3. The van der Waals surface area contributed by atoms with Crippen LogP contribution in [0.2, 0.25) is 0 Å². The van der Waals surface area contributed by atoms with Crippen molar-refractivity contribution in [1.29, 1.82) is 0 Å². The summed E-state index contributed by atoms with van der Waals surface area (Å²) in [6.45, 7) is 4.84. The van der Waals surface area contributed by atoms with Crippen LogP contribution in [0.15, 0.2) is 54.6 Å². The molecule has 0 unspecified atom stereocenters. The van der Waals surface area contributed by atoms with Gasteiger partial charge in [-0.2, -0.15) is 0 Å². The normalized spacial score (nSPS) is 18.9. The fourth-order valence-corrected chi connectivity index (χ4v) is 3.56. The first-order valence-corrected chi connectivity index (χ1v) is 9.36. The van der Waals surface area contributed by atoms with Crippen LogP contribution in [-0.4, -0.2) is 31.0 Å². The number of ether oxygens (including phenoxy) is 1. The van der Waals surface area contributed by atoms with Crippen LogP contribution in [0.4, 0.5) is 0 Å². The highest BCUT2D eigenvalue weighted by Crippen LogP contribution is 2.21. The Morgan fingerprint density at radius 2 is 1.92 bits per heavy atom. The standard InChI is InChI=1S/C22H28N2O2/c1-17(19-10-12-21(26-2)13-11-19)23-22(25)20-9-6-14-24(16-20)15-18-7-4-3-5-8-18/h3-5,7-8,10-13,17,20H,6,9,14-16H2,1-2H3,(H,23,25)/t17-,20-/m0/s1. The molecule has 4 nitrogen and oxygen atoms in total. The summed E-state index contributed by atoms with van der Waals surface area (Å²) in [6, 6.07) is 18.3. The number of piperidine rings is 1. The van der Waals surface area contributed by atoms with Gasteiger partial charge in [-0.05, 0) is 49.6 Å². The molecule has 1 fully saturated rings. The highest BCUT2D eigenvalue weighted by atomic mass is 16.5. The number of methoxy groups -OCH3 is 1. The van der Waals surface area contributed by atoms with Crippen molar-refractivity contribution in [2.45, 2.75) is 32.4 Å². The Hall–Kier alpha value is -2.33. The molecule has 1 amide bonds. The number of rotatable bonds is 6. The maximum atomic E-state index is 12.7. The number of nitrogens with zero attached hydrogens (tertiary/aromatic N) is 1. The van der Waals surface area contributed by atoms with Crippen LogP contribution in [0, 0.1) is 5.92 Å². The van der Waals surface area contributed by atoms with E-state index < -0.39 is 0 Å². The molecule has 0 spiro atoms. The third-order valence-electron chi connectivity index (χ3n) is 5.10. The van der Waals surface area contributed by atoms with Gasteiger partial charge in [-0.1, -0.05) is 42.5 Å². The number of likely N-dealkylation sites (tertiary alicyclic amines) is 1. The van der Waals surface area contributed by atoms with Gasteiger partial charge in [0.25, 0.3) is 0 Å². The van der Waals surface area contributed by atoms with E-state index >= 15 is 0 Å². The monoisotopic (exact) mass is 352 g/mol. The first-order valence-electron chi connectivity index (χ1n) is 9.36. The van der Waals surface area contributed by atoms with Crippen LogP contribution in [0.5, 0.6) is 5.75 Å². The number of nitrogens with one attached hydrogen (secondary N) is 1. The Bertz CT molecular complexity index is 700. The highest BCUT2D eigenvalue weighted by Gasteiger charge is 2.26. The Morgan fingerprint density at radius 1 is 1.19 bits per heavy atom. The Balaban J connectivity index is 1.54. The third-order valence-corrected chi connectivity index (χ3v) is 5.10. The Labute approximate surface area is 156 Å². The van der Waals surface area contributed by atoms with Gasteiger partial charge < -0.3 is 10.1 Å². The molecule has 0 radical (unpaired) electrons. The number of hydrogen-bond donors (Lipinski definition) is 1. The largest absolute Gasteiger partial charge is 0.497 e. The van der Waals surface area contributed by atoms with Gasteiger partial charge in [0.15, 0.2) is 0 Å². The van der Waals surface area contributed by atoms with Crippen molar-refractivity contribution in [2.24, 2.45) is 5.92 Å². The van der Waals surface area contributed by atoms with Gasteiger partial charge in [0.2, 0.25) is 5.91 Å². The molecule has 2 aromatic rings. The zero-order valence-corrected chi connectivity index (χ0v) is 15.7. The smallest absolute Gasteiger partial charge is 0.224 e. The second-order valence-electron chi connectivity index (χ2n) is 7.06. The lowest BCUT2D eigenvalue weighted by Crippen LogP contribution is -2.43. The summed E-state index contributed by atoms with van der Waals surface area (Å²) in [4.78, 5) is 15.1. The topological polar surface area (TPSA) is 41.6 Å². The molecular weight excluding hydrogens is 324 g/mol. The average Bonchev–Trinajstić information content (AvgIpc) is 2.69. The molecule has 4 heteroatoms. The van der Waals surface area contributed by atoms with Crippen LogP contribution in [0.3, 0.4) is 0 Å². The molecule has 2 aromatic carbocycles. The zero-order chi connectivity index (χ0) is 18.4. The maximum Gasteiger partial charge on any atom is 0.224 e. The molecule has 1 heterocycles. The van der Waals surface area contributed by atoms with E-state index in [1.807, 2.05) is 37.3 Å². The van der Waals surface area contributed by atoms with Crippen molar-refractivity contribution in [2.75, 3.05) is 20.2 Å². The minimum absolute atomic E-state index is 0.00194. The molecule has 2 atom stereocenters. The van der Waals surface area contributed by atoms with Crippen LogP contribution < -0.4 is 10.1 Å². The molecular formula is C22H28N2O2. The Morgan fingerprint density at radius 3 is 2.62 bits per heavy atom. The van der Waals surface area contributed by atoms with Gasteiger partial charge in [0.05, 0.1) is 19.1 Å². The van der Waals surface area contributed by atoms with E-state index in [4.69, 9.17) is 4.74 Å². The molecule has 3 rings (SSSR count). The van der Waals surface area contributed by atoms with Crippen LogP contribution in [0.1, 0.15) is 36.9 Å². The summed E-state index contributed by atoms with van der Waals surface area (Å²) in [7, 11) is 1.66. The first-order chi connectivity index (χ1) is 12.7. The van der Waals surface area contributed by atoms with Gasteiger partial charge >= 0.3 is 0 Å². The maximum absolute atomic E-state index is 12.7. The van der Waals surface area contributed by atoms with Crippen LogP contribution >= 0.6 is 0 Å². The number of benzene rings is 2. The van der Waals surface area contributed by atoms with E-state index in [-0.39, 0.29) is 17.9 Å². The lowest BCUT2D eigenvalue weighted by molar-refractivity contribution is -0.127. The predicted octanol–water partition coefficient (Wildman–Crippen LogP) is 3.78. The van der Waals surface area contributed by atoms with E-state index in [1.165, 1.54) is 5.56 Å². The second kappa shape index (κ2) is 8.86. The zero-order valence-electron chi connectivity index (χ0n) is 15.7. The summed E-state index contributed by atoms with van der Waals surface area (Å²) >= 11 is 0. The van der Waals surface area contributed by atoms with Gasteiger partial charge in [-0.15, -0.1) is 0 Å². The highest BCUT2D eigenvalue weighted by molar-refractivity contribution is 5.79. The lowest BCUT2D eigenvalue weighted by Gasteiger charge is -2.32. The van der Waals surface area contributed by atoms with E-state index in [2.05, 4.69) is 34.5 Å². The number of carbonyl (C=O) groups is 1. The van der Waals surface area contributed by atoms with E-state index in [9.17, 15) is 4.79 Å². The Kier molecular flexibility index (Phi) is 6.29. The van der Waals surface area contributed by atoms with Gasteiger partial charge in [0, 0.05) is 13.1 Å². The second-order valence-corrected chi connectivity index (χ2v) is 7.06. The van der Waals surface area contributed by atoms with Crippen molar-refractivity contribution in [3.8, 4) is 5.75 Å². The molecule has 0 bridgehead atoms. The van der Waals surface area contributed by atoms with Crippen molar-refractivity contribution in [3.05, 3.63) is 65.7 Å². The summed E-state index contributed by atoms with van der Waals surface area (Å²) in [5.74, 6) is 1.05. The van der Waals surface area contributed by atoms with Crippen molar-refractivity contribution in [1.82, 2.24) is 10.2 Å². The predicted molar refractivity (Wildman–Crippen MR) is 104 cm³/mol. The quantitative estimate of drug-likeness (QED) is 0.860. The molecule has 0 aliphatic carbocycles. The van der Waals surface area contributed by atoms with Crippen molar-refractivity contribution >= 4 is 5.91 Å². The van der Waals surface area contributed by atoms with E-state index in [1.54, 1.807) is 7.11 Å². The molecule has 0 saturated carbocycles. The minimum Gasteiger partial charge on any atom is -0.497 e. The number of amides is 1. The summed E-state index contributed by atoms with van der Waals surface area (Å²) in [5.41, 5.74) is 2.40. The molecule has 26 heavy (non-hydrogen) atoms. The fraction of sp³-hybridized carbons (Fsp3) is 0.409. The summed E-state index contributed by atoms with van der Waals surface area (Å²) in [5, 5.41) is 3.18.